The van der Waals surface area contributed by atoms with Gasteiger partial charge in [0.1, 0.15) is 0 Å². The number of amides is 1. The molecule has 0 atom stereocenters. The van der Waals surface area contributed by atoms with Crippen LogP contribution in [-0.2, 0) is 5.41 Å². The number of carbonyl (C=O) groups excluding carboxylic acids is 2. The number of hydrogen-bond donors (Lipinski definition) is 1. The van der Waals surface area contributed by atoms with E-state index >= 15 is 0 Å². The average molecular weight is 536 g/mol. The molecule has 0 radical (unpaired) electrons. The Labute approximate surface area is 233 Å². The molecule has 1 heterocycles. The maximum atomic E-state index is 14.1. The van der Waals surface area contributed by atoms with Crippen molar-refractivity contribution in [1.82, 2.24) is 9.78 Å². The van der Waals surface area contributed by atoms with Crippen LogP contribution in [-0.4, -0.2) is 21.5 Å². The van der Waals surface area contributed by atoms with Crippen LogP contribution in [0.5, 0.6) is 0 Å². The monoisotopic (exact) mass is 535 g/mol. The van der Waals surface area contributed by atoms with E-state index in [-0.39, 0.29) is 17.1 Å². The molecule has 4 aromatic rings. The molecule has 4 aliphatic carbocycles. The van der Waals surface area contributed by atoms with E-state index in [1.807, 2.05) is 59.4 Å². The standard InChI is InChI=1S/C33H30ClN3O2/c34-25-11-12-29(27(16-25)30(38)24-7-3-1-4-8-24)35-32(39)28-20-37(26-9-5-2-6-10-26)36-31(28)33-17-21-13-22(18-33)15-23(14-21)19-33/h1-12,16,20-23H,13-15,17-19H2,(H,35,39). The highest BCUT2D eigenvalue weighted by Crippen LogP contribution is 2.61. The van der Waals surface area contributed by atoms with Gasteiger partial charge in [-0.25, -0.2) is 4.68 Å². The molecule has 0 spiro atoms. The highest BCUT2D eigenvalue weighted by Gasteiger charge is 2.54. The molecular formula is C33H30ClN3O2. The van der Waals surface area contributed by atoms with Gasteiger partial charge >= 0.3 is 0 Å². The van der Waals surface area contributed by atoms with Crippen LogP contribution in [0.4, 0.5) is 5.69 Å². The highest BCUT2D eigenvalue weighted by atomic mass is 35.5. The van der Waals surface area contributed by atoms with Gasteiger partial charge in [0.15, 0.2) is 5.78 Å². The van der Waals surface area contributed by atoms with Gasteiger partial charge in [-0.1, -0.05) is 60.1 Å². The van der Waals surface area contributed by atoms with Crippen LogP contribution in [0.1, 0.15) is 70.5 Å². The molecule has 1 aromatic heterocycles. The lowest BCUT2D eigenvalue weighted by atomic mass is 9.48. The molecule has 0 unspecified atom stereocenters. The van der Waals surface area contributed by atoms with Crippen molar-refractivity contribution in [1.29, 1.82) is 0 Å². The summed E-state index contributed by atoms with van der Waals surface area (Å²) in [6.07, 6.45) is 9.12. The second-order valence-corrected chi connectivity index (χ2v) is 12.1. The number of hydrogen-bond acceptors (Lipinski definition) is 3. The SMILES string of the molecule is O=C(c1ccccc1)c1cc(Cl)ccc1NC(=O)c1cn(-c2ccccc2)nc1C12CC3CC(CC(C3)C1)C2. The predicted molar refractivity (Wildman–Crippen MR) is 153 cm³/mol. The van der Waals surface area contributed by atoms with Crippen molar-refractivity contribution >= 4 is 29.0 Å². The lowest BCUT2D eigenvalue weighted by molar-refractivity contribution is -0.00765. The van der Waals surface area contributed by atoms with Crippen molar-refractivity contribution in [3.63, 3.8) is 0 Å². The summed E-state index contributed by atoms with van der Waals surface area (Å²) in [6.45, 7) is 0. The van der Waals surface area contributed by atoms with Gasteiger partial charge in [-0.3, -0.25) is 9.59 Å². The normalized spacial score (nSPS) is 25.0. The molecule has 6 heteroatoms. The minimum absolute atomic E-state index is 0.0653. The third-order valence-corrected chi connectivity index (χ3v) is 9.27. The fourth-order valence-electron chi connectivity index (χ4n) is 7.79. The smallest absolute Gasteiger partial charge is 0.259 e. The van der Waals surface area contributed by atoms with Gasteiger partial charge in [0.25, 0.3) is 5.91 Å². The van der Waals surface area contributed by atoms with Crippen LogP contribution in [0.25, 0.3) is 5.69 Å². The van der Waals surface area contributed by atoms with Crippen LogP contribution in [0.3, 0.4) is 0 Å². The lowest BCUT2D eigenvalue weighted by Gasteiger charge is -2.56. The van der Waals surface area contributed by atoms with E-state index in [1.54, 1.807) is 30.3 Å². The van der Waals surface area contributed by atoms with Crippen molar-refractivity contribution in [2.75, 3.05) is 5.32 Å². The first kappa shape index (κ1) is 24.3. The Morgan fingerprint density at radius 1 is 0.821 bits per heavy atom. The quantitative estimate of drug-likeness (QED) is 0.260. The van der Waals surface area contributed by atoms with Gasteiger partial charge in [0.05, 0.1) is 22.6 Å². The summed E-state index contributed by atoms with van der Waals surface area (Å²) in [5.74, 6) is 1.74. The molecule has 4 aliphatic rings. The van der Waals surface area contributed by atoms with Crippen molar-refractivity contribution in [2.45, 2.75) is 43.9 Å². The van der Waals surface area contributed by atoms with E-state index < -0.39 is 0 Å². The highest BCUT2D eigenvalue weighted by molar-refractivity contribution is 6.31. The van der Waals surface area contributed by atoms with Crippen molar-refractivity contribution in [2.24, 2.45) is 17.8 Å². The van der Waals surface area contributed by atoms with Crippen molar-refractivity contribution in [3.05, 3.63) is 112 Å². The summed E-state index contributed by atoms with van der Waals surface area (Å²) in [5, 5.41) is 8.63. The van der Waals surface area contributed by atoms with E-state index in [0.29, 0.717) is 27.4 Å². The van der Waals surface area contributed by atoms with Crippen molar-refractivity contribution < 1.29 is 9.59 Å². The molecular weight excluding hydrogens is 506 g/mol. The molecule has 1 N–H and O–H groups in total. The molecule has 0 saturated heterocycles. The summed E-state index contributed by atoms with van der Waals surface area (Å²) in [7, 11) is 0. The number of anilines is 1. The average Bonchev–Trinajstić information content (AvgIpc) is 3.41. The molecule has 39 heavy (non-hydrogen) atoms. The second kappa shape index (κ2) is 9.49. The Morgan fingerprint density at radius 2 is 1.44 bits per heavy atom. The van der Waals surface area contributed by atoms with Crippen LogP contribution in [0.2, 0.25) is 5.02 Å². The van der Waals surface area contributed by atoms with Gasteiger partial charge in [0, 0.05) is 27.8 Å². The molecule has 196 valence electrons. The van der Waals surface area contributed by atoms with Gasteiger partial charge in [0.2, 0.25) is 0 Å². The summed E-state index contributed by atoms with van der Waals surface area (Å²) in [5.41, 5.74) is 3.72. The van der Waals surface area contributed by atoms with E-state index in [0.717, 1.165) is 48.4 Å². The van der Waals surface area contributed by atoms with Gasteiger partial charge in [-0.2, -0.15) is 5.10 Å². The number of nitrogens with zero attached hydrogens (tertiary/aromatic N) is 2. The maximum absolute atomic E-state index is 14.1. The van der Waals surface area contributed by atoms with E-state index in [1.165, 1.54) is 19.3 Å². The van der Waals surface area contributed by atoms with Gasteiger partial charge < -0.3 is 5.32 Å². The van der Waals surface area contributed by atoms with Crippen LogP contribution >= 0.6 is 11.6 Å². The number of para-hydroxylation sites is 1. The number of benzene rings is 3. The third-order valence-electron chi connectivity index (χ3n) is 9.03. The number of halogens is 1. The molecule has 4 bridgehead atoms. The number of carbonyl (C=O) groups is 2. The fourth-order valence-corrected chi connectivity index (χ4v) is 7.97. The first-order valence-electron chi connectivity index (χ1n) is 13.8. The molecule has 0 aliphatic heterocycles. The van der Waals surface area contributed by atoms with Gasteiger partial charge in [-0.05, 0) is 86.6 Å². The topological polar surface area (TPSA) is 64.0 Å². The Kier molecular flexibility index (Phi) is 5.93. The zero-order chi connectivity index (χ0) is 26.6. The summed E-state index contributed by atoms with van der Waals surface area (Å²) < 4.78 is 1.85. The molecule has 4 saturated carbocycles. The number of rotatable bonds is 6. The third kappa shape index (κ3) is 4.39. The van der Waals surface area contributed by atoms with Gasteiger partial charge in [-0.15, -0.1) is 0 Å². The maximum Gasteiger partial charge on any atom is 0.259 e. The first-order valence-corrected chi connectivity index (χ1v) is 14.2. The van der Waals surface area contributed by atoms with E-state index in [4.69, 9.17) is 16.7 Å². The fraction of sp³-hybridized carbons (Fsp3) is 0.303. The second-order valence-electron chi connectivity index (χ2n) is 11.7. The summed E-state index contributed by atoms with van der Waals surface area (Å²) >= 11 is 6.30. The Bertz CT molecular complexity index is 1530. The molecule has 4 fully saturated rings. The molecule has 8 rings (SSSR count). The molecule has 3 aromatic carbocycles. The molecule has 5 nitrogen and oxygen atoms in total. The largest absolute Gasteiger partial charge is 0.321 e. The minimum atomic E-state index is -0.243. The molecule has 1 amide bonds. The summed E-state index contributed by atoms with van der Waals surface area (Å²) in [4.78, 5) is 27.5. The zero-order valence-corrected chi connectivity index (χ0v) is 22.4. The predicted octanol–water partition coefficient (Wildman–Crippen LogP) is 7.48. The van der Waals surface area contributed by atoms with Crippen molar-refractivity contribution in [3.8, 4) is 5.69 Å². The zero-order valence-electron chi connectivity index (χ0n) is 21.6. The Hall–Kier alpha value is -3.70. The first-order chi connectivity index (χ1) is 19.0. The Balaban J connectivity index is 1.28. The number of aromatic nitrogens is 2. The lowest BCUT2D eigenvalue weighted by Crippen LogP contribution is -2.49. The van der Waals surface area contributed by atoms with Crippen LogP contribution < -0.4 is 5.32 Å². The number of ketones is 1. The minimum Gasteiger partial charge on any atom is -0.321 e. The van der Waals surface area contributed by atoms with E-state index in [9.17, 15) is 9.59 Å². The van der Waals surface area contributed by atoms with Crippen LogP contribution in [0, 0.1) is 17.8 Å². The van der Waals surface area contributed by atoms with E-state index in [2.05, 4.69) is 5.32 Å². The summed E-state index contributed by atoms with van der Waals surface area (Å²) in [6, 6.07) is 24.1. The van der Waals surface area contributed by atoms with Crippen LogP contribution in [0.15, 0.2) is 85.1 Å². The Morgan fingerprint density at radius 3 is 2.08 bits per heavy atom. The number of nitrogens with one attached hydrogen (secondary N) is 1.